The van der Waals surface area contributed by atoms with Crippen LogP contribution in [0.3, 0.4) is 0 Å². The Morgan fingerprint density at radius 2 is 1.72 bits per heavy atom. The molecule has 0 aliphatic rings. The first-order valence-electron chi connectivity index (χ1n) is 6.03. The fourth-order valence-corrected chi connectivity index (χ4v) is 1.09. The molecule has 0 saturated carbocycles. The second-order valence-corrected chi connectivity index (χ2v) is 3.56. The number of rotatable bonds is 11. The highest BCUT2D eigenvalue weighted by Gasteiger charge is 1.97. The van der Waals surface area contributed by atoms with Crippen LogP contribution in [0.2, 0.25) is 0 Å². The van der Waals surface area contributed by atoms with Crippen LogP contribution < -0.4 is 16.4 Å². The third-order valence-electron chi connectivity index (χ3n) is 2.10. The smallest absolute Gasteiger partial charge is 0.233 e. The van der Waals surface area contributed by atoms with Crippen molar-refractivity contribution in [3.8, 4) is 0 Å². The Balaban J connectivity index is 3.07. The number of nitrogens with two attached hydrogens (primary N) is 1. The molecule has 0 spiro atoms. The van der Waals surface area contributed by atoms with Crippen LogP contribution in [-0.4, -0.2) is 58.4 Å². The molecule has 0 rings (SSSR count). The van der Waals surface area contributed by atoms with Gasteiger partial charge in [-0.15, -0.1) is 0 Å². The summed E-state index contributed by atoms with van der Waals surface area (Å²) in [7, 11) is 1.59. The van der Waals surface area contributed by atoms with Crippen LogP contribution in [0.25, 0.3) is 0 Å². The van der Waals surface area contributed by atoms with Crippen molar-refractivity contribution in [3.63, 3.8) is 0 Å². The Morgan fingerprint density at radius 3 is 2.33 bits per heavy atom. The third-order valence-corrected chi connectivity index (χ3v) is 2.10. The van der Waals surface area contributed by atoms with Crippen molar-refractivity contribution < 1.29 is 19.1 Å². The molecule has 0 fully saturated rings. The minimum atomic E-state index is -0.160. The molecule has 2 amide bonds. The molecule has 0 unspecified atom stereocenters. The van der Waals surface area contributed by atoms with Crippen LogP contribution in [0.15, 0.2) is 0 Å². The summed E-state index contributed by atoms with van der Waals surface area (Å²) < 4.78 is 10.5. The monoisotopic (exact) mass is 261 g/mol. The Labute approximate surface area is 107 Å². The molecule has 0 aromatic carbocycles. The summed E-state index contributed by atoms with van der Waals surface area (Å²) in [5.41, 5.74) is 5.12. The molecule has 7 nitrogen and oxygen atoms in total. The molecule has 0 aliphatic carbocycles. The van der Waals surface area contributed by atoms with Crippen molar-refractivity contribution in [1.82, 2.24) is 10.6 Å². The summed E-state index contributed by atoms with van der Waals surface area (Å²) in [4.78, 5) is 21.6. The zero-order valence-corrected chi connectivity index (χ0v) is 10.9. The van der Waals surface area contributed by atoms with E-state index in [1.807, 2.05) is 0 Å². The van der Waals surface area contributed by atoms with Crippen LogP contribution in [0.4, 0.5) is 0 Å². The number of nitrogens with one attached hydrogen (secondary N) is 2. The molecule has 0 radical (unpaired) electrons. The van der Waals surface area contributed by atoms with Crippen molar-refractivity contribution >= 4 is 11.8 Å². The number of carbonyl (C=O) groups is 2. The highest BCUT2D eigenvalue weighted by atomic mass is 16.5. The van der Waals surface area contributed by atoms with E-state index in [0.29, 0.717) is 39.4 Å². The molecule has 0 atom stereocenters. The van der Waals surface area contributed by atoms with Crippen LogP contribution >= 0.6 is 0 Å². The zero-order chi connectivity index (χ0) is 13.6. The minimum absolute atomic E-state index is 0.0139. The molecule has 0 aromatic rings. The minimum Gasteiger partial charge on any atom is -0.379 e. The molecule has 0 aromatic heterocycles. The van der Waals surface area contributed by atoms with Crippen molar-refractivity contribution in [2.75, 3.05) is 46.6 Å². The quantitative estimate of drug-likeness (QED) is 0.398. The van der Waals surface area contributed by atoms with Gasteiger partial charge in [0.25, 0.3) is 0 Å². The predicted molar refractivity (Wildman–Crippen MR) is 67.0 cm³/mol. The standard InChI is InChI=1S/C11H23N3O4/c1-13-10(15)3-6-18-8-7-17-5-2-4-14-11(16)9-12/h2-9,12H2,1H3,(H,13,15)(H,14,16). The molecule has 18 heavy (non-hydrogen) atoms. The highest BCUT2D eigenvalue weighted by molar-refractivity contribution is 5.77. The molecule has 7 heteroatoms. The second-order valence-electron chi connectivity index (χ2n) is 3.56. The summed E-state index contributed by atoms with van der Waals surface area (Å²) in [5, 5.41) is 5.15. The van der Waals surface area contributed by atoms with Gasteiger partial charge >= 0.3 is 0 Å². The van der Waals surface area contributed by atoms with Crippen LogP contribution in [0.1, 0.15) is 12.8 Å². The topological polar surface area (TPSA) is 103 Å². The fourth-order valence-electron chi connectivity index (χ4n) is 1.09. The number of ether oxygens (including phenoxy) is 2. The summed E-state index contributed by atoms with van der Waals surface area (Å²) in [6.45, 7) is 2.48. The molecule has 0 heterocycles. The van der Waals surface area contributed by atoms with E-state index < -0.39 is 0 Å². The van der Waals surface area contributed by atoms with E-state index in [9.17, 15) is 9.59 Å². The number of carbonyl (C=O) groups excluding carboxylic acids is 2. The van der Waals surface area contributed by atoms with Gasteiger partial charge in [-0.1, -0.05) is 0 Å². The van der Waals surface area contributed by atoms with Gasteiger partial charge < -0.3 is 25.8 Å². The van der Waals surface area contributed by atoms with Gasteiger partial charge in [-0.2, -0.15) is 0 Å². The maximum absolute atomic E-state index is 10.8. The number of hydrogen-bond donors (Lipinski definition) is 3. The van der Waals surface area contributed by atoms with E-state index in [0.717, 1.165) is 6.42 Å². The van der Waals surface area contributed by atoms with Crippen molar-refractivity contribution in [3.05, 3.63) is 0 Å². The van der Waals surface area contributed by atoms with E-state index in [2.05, 4.69) is 10.6 Å². The third kappa shape index (κ3) is 11.3. The molecule has 106 valence electrons. The van der Waals surface area contributed by atoms with Gasteiger partial charge in [-0.25, -0.2) is 0 Å². The lowest BCUT2D eigenvalue weighted by molar-refractivity contribution is -0.122. The van der Waals surface area contributed by atoms with Gasteiger partial charge in [0, 0.05) is 26.6 Å². The van der Waals surface area contributed by atoms with Gasteiger partial charge in [0.1, 0.15) is 0 Å². The van der Waals surface area contributed by atoms with Crippen LogP contribution in [0, 0.1) is 0 Å². The highest BCUT2D eigenvalue weighted by Crippen LogP contribution is 1.85. The van der Waals surface area contributed by atoms with Crippen molar-refractivity contribution in [2.45, 2.75) is 12.8 Å². The molecule has 0 bridgehead atoms. The summed E-state index contributed by atoms with van der Waals surface area (Å²) in [5.74, 6) is -0.195. The molecule has 4 N–H and O–H groups in total. The predicted octanol–water partition coefficient (Wildman–Crippen LogP) is -1.38. The summed E-state index contributed by atoms with van der Waals surface area (Å²) in [6.07, 6.45) is 1.10. The zero-order valence-electron chi connectivity index (χ0n) is 10.9. The number of amides is 2. The lowest BCUT2D eigenvalue weighted by Gasteiger charge is -2.06. The van der Waals surface area contributed by atoms with Crippen LogP contribution in [0.5, 0.6) is 0 Å². The van der Waals surface area contributed by atoms with Gasteiger partial charge in [0.15, 0.2) is 0 Å². The molecule has 0 aliphatic heterocycles. The van der Waals surface area contributed by atoms with Gasteiger partial charge in [-0.3, -0.25) is 9.59 Å². The van der Waals surface area contributed by atoms with E-state index in [-0.39, 0.29) is 18.4 Å². The summed E-state index contributed by atoms with van der Waals surface area (Å²) in [6, 6.07) is 0. The maximum Gasteiger partial charge on any atom is 0.233 e. The van der Waals surface area contributed by atoms with E-state index in [1.54, 1.807) is 7.05 Å². The summed E-state index contributed by atoms with van der Waals surface area (Å²) >= 11 is 0. The second kappa shape index (κ2) is 12.3. The Morgan fingerprint density at radius 1 is 1.06 bits per heavy atom. The first-order valence-corrected chi connectivity index (χ1v) is 6.03. The first-order chi connectivity index (χ1) is 8.70. The Kier molecular flexibility index (Phi) is 11.5. The molecule has 0 saturated heterocycles. The Bertz CT molecular complexity index is 212. The maximum atomic E-state index is 10.8. The average Bonchev–Trinajstić information content (AvgIpc) is 2.40. The average molecular weight is 261 g/mol. The normalized spacial score (nSPS) is 10.1. The van der Waals surface area contributed by atoms with Gasteiger partial charge in [-0.05, 0) is 6.42 Å². The lowest BCUT2D eigenvalue weighted by Crippen LogP contribution is -2.31. The van der Waals surface area contributed by atoms with Crippen molar-refractivity contribution in [2.24, 2.45) is 5.73 Å². The number of hydrogen-bond acceptors (Lipinski definition) is 5. The van der Waals surface area contributed by atoms with Gasteiger partial charge in [0.05, 0.1) is 26.4 Å². The largest absolute Gasteiger partial charge is 0.379 e. The van der Waals surface area contributed by atoms with E-state index >= 15 is 0 Å². The Hall–Kier alpha value is -1.18. The molecular formula is C11H23N3O4. The first kappa shape index (κ1) is 16.8. The van der Waals surface area contributed by atoms with Crippen molar-refractivity contribution in [1.29, 1.82) is 0 Å². The van der Waals surface area contributed by atoms with Gasteiger partial charge in [0.2, 0.25) is 11.8 Å². The SMILES string of the molecule is CNC(=O)CCOCCOCCCNC(=O)CN. The molecular weight excluding hydrogens is 238 g/mol. The fraction of sp³-hybridized carbons (Fsp3) is 0.818. The van der Waals surface area contributed by atoms with Crippen LogP contribution in [-0.2, 0) is 19.1 Å². The van der Waals surface area contributed by atoms with E-state index in [1.165, 1.54) is 0 Å². The lowest BCUT2D eigenvalue weighted by atomic mass is 10.4. The van der Waals surface area contributed by atoms with E-state index in [4.69, 9.17) is 15.2 Å².